The number of hydrogen-bond acceptors (Lipinski definition) is 6. The Hall–Kier alpha value is -3.61. The highest BCUT2D eigenvalue weighted by molar-refractivity contribution is 6.05. The van der Waals surface area contributed by atoms with E-state index in [9.17, 15) is 14.4 Å². The Morgan fingerprint density at radius 3 is 2.14 bits per heavy atom. The highest BCUT2D eigenvalue weighted by atomic mass is 16.6. The average molecular weight is 482 g/mol. The number of carbonyl (C=O) groups is 3. The number of anilines is 1. The van der Waals surface area contributed by atoms with E-state index in [2.05, 4.69) is 21.7 Å². The van der Waals surface area contributed by atoms with Gasteiger partial charge in [0.1, 0.15) is 0 Å². The van der Waals surface area contributed by atoms with Crippen LogP contribution in [0.2, 0.25) is 0 Å². The minimum atomic E-state index is -0.854. The van der Waals surface area contributed by atoms with Crippen LogP contribution in [-0.4, -0.2) is 32.1 Å². The summed E-state index contributed by atoms with van der Waals surface area (Å²) in [7, 11) is 2.35. The van der Waals surface area contributed by atoms with Crippen LogP contribution in [0.15, 0.2) is 60.4 Å². The summed E-state index contributed by atoms with van der Waals surface area (Å²) < 4.78 is 14.8. The highest BCUT2D eigenvalue weighted by Crippen LogP contribution is 2.27. The molecule has 0 bridgehead atoms. The lowest BCUT2D eigenvalue weighted by molar-refractivity contribution is -0.140. The van der Waals surface area contributed by atoms with Crippen molar-refractivity contribution in [2.75, 3.05) is 19.5 Å². The zero-order chi connectivity index (χ0) is 25.5. The Bertz CT molecular complexity index is 997. The first kappa shape index (κ1) is 27.6. The van der Waals surface area contributed by atoms with Crippen molar-refractivity contribution in [2.24, 2.45) is 0 Å². The molecule has 7 nitrogen and oxygen atoms in total. The lowest BCUT2D eigenvalue weighted by Gasteiger charge is -2.13. The zero-order valence-electron chi connectivity index (χ0n) is 20.8. The van der Waals surface area contributed by atoms with Gasteiger partial charge >= 0.3 is 11.9 Å². The zero-order valence-corrected chi connectivity index (χ0v) is 20.8. The predicted molar refractivity (Wildman–Crippen MR) is 135 cm³/mol. The maximum absolute atomic E-state index is 12.8. The summed E-state index contributed by atoms with van der Waals surface area (Å²) in [6.07, 6.45) is 10.7. The molecule has 0 atom stereocenters. The first-order chi connectivity index (χ1) is 17.0. The molecule has 0 radical (unpaired) electrons. The van der Waals surface area contributed by atoms with E-state index < -0.39 is 11.9 Å². The van der Waals surface area contributed by atoms with Gasteiger partial charge in [0.25, 0.3) is 5.91 Å². The van der Waals surface area contributed by atoms with Gasteiger partial charge in [0.15, 0.2) is 5.75 Å². The lowest BCUT2D eigenvalue weighted by atomic mass is 10.0. The van der Waals surface area contributed by atoms with Crippen LogP contribution in [0, 0.1) is 0 Å². The van der Waals surface area contributed by atoms with Gasteiger partial charge in [-0.15, -0.1) is 0 Å². The third-order valence-corrected chi connectivity index (χ3v) is 5.48. The molecule has 0 saturated carbocycles. The van der Waals surface area contributed by atoms with E-state index in [4.69, 9.17) is 4.74 Å². The Morgan fingerprint density at radius 2 is 1.49 bits per heavy atom. The first-order valence-corrected chi connectivity index (χ1v) is 12.0. The van der Waals surface area contributed by atoms with Crippen molar-refractivity contribution in [3.8, 4) is 5.75 Å². The normalized spacial score (nSPS) is 11.0. The van der Waals surface area contributed by atoms with Crippen LogP contribution < -0.4 is 10.1 Å². The monoisotopic (exact) mass is 481 g/mol. The number of amides is 1. The lowest BCUT2D eigenvalue weighted by Crippen LogP contribution is -2.16. The fourth-order valence-electron chi connectivity index (χ4n) is 3.48. The second-order valence-electron chi connectivity index (χ2n) is 8.14. The molecule has 0 saturated heterocycles. The third kappa shape index (κ3) is 9.65. The smallest absolute Gasteiger partial charge is 0.374 e. The molecule has 2 rings (SSSR count). The molecule has 0 fully saturated rings. The predicted octanol–water partition coefficient (Wildman–Crippen LogP) is 5.84. The molecule has 0 spiro atoms. The van der Waals surface area contributed by atoms with E-state index in [1.807, 2.05) is 12.1 Å². The van der Waals surface area contributed by atoms with Gasteiger partial charge < -0.3 is 19.5 Å². The van der Waals surface area contributed by atoms with Crippen molar-refractivity contribution in [2.45, 2.75) is 58.3 Å². The topological polar surface area (TPSA) is 90.9 Å². The number of rotatable bonds is 14. The molecule has 35 heavy (non-hydrogen) atoms. The van der Waals surface area contributed by atoms with Gasteiger partial charge in [-0.3, -0.25) is 4.79 Å². The molecular formula is C28H35NO6. The molecule has 0 unspecified atom stereocenters. The van der Waals surface area contributed by atoms with Crippen molar-refractivity contribution in [1.82, 2.24) is 0 Å². The van der Waals surface area contributed by atoms with E-state index in [1.165, 1.54) is 58.3 Å². The maximum Gasteiger partial charge on any atom is 0.374 e. The van der Waals surface area contributed by atoms with E-state index in [0.29, 0.717) is 11.3 Å². The van der Waals surface area contributed by atoms with Gasteiger partial charge in [-0.2, -0.15) is 0 Å². The summed E-state index contributed by atoms with van der Waals surface area (Å²) in [5.74, 6) is -2.13. The van der Waals surface area contributed by atoms with Gasteiger partial charge in [0, 0.05) is 5.56 Å². The molecule has 2 aromatic carbocycles. The fraction of sp³-hybridized carbons (Fsp3) is 0.393. The van der Waals surface area contributed by atoms with Gasteiger partial charge in [0.2, 0.25) is 5.76 Å². The van der Waals surface area contributed by atoms with Crippen LogP contribution in [0.25, 0.3) is 0 Å². The standard InChI is InChI=1S/C28H35NO6/c1-4-5-6-7-8-9-10-13-21-16-18-22(19-17-21)27(31)29-23-14-11-12-15-24(23)35-25(28(32)34-3)20-26(30)33-2/h11-12,14-20H,4-10,13H2,1-3H3,(H,29,31)/b25-20-. The number of aryl methyl sites for hydroxylation is 1. The number of ether oxygens (including phenoxy) is 3. The van der Waals surface area contributed by atoms with Gasteiger partial charge in [0.05, 0.1) is 26.0 Å². The van der Waals surface area contributed by atoms with E-state index in [0.717, 1.165) is 18.9 Å². The molecule has 1 amide bonds. The van der Waals surface area contributed by atoms with E-state index in [1.54, 1.807) is 36.4 Å². The number of carbonyl (C=O) groups excluding carboxylic acids is 3. The summed E-state index contributed by atoms with van der Waals surface area (Å²) >= 11 is 0. The Morgan fingerprint density at radius 1 is 0.829 bits per heavy atom. The van der Waals surface area contributed by atoms with Crippen LogP contribution in [0.5, 0.6) is 5.75 Å². The van der Waals surface area contributed by atoms with Crippen LogP contribution in [0.4, 0.5) is 5.69 Å². The van der Waals surface area contributed by atoms with Gasteiger partial charge in [-0.25, -0.2) is 9.59 Å². The summed E-state index contributed by atoms with van der Waals surface area (Å²) in [5, 5.41) is 2.79. The molecule has 0 aliphatic rings. The van der Waals surface area contributed by atoms with Crippen LogP contribution in [0.1, 0.15) is 67.8 Å². The Balaban J connectivity index is 1.99. The minimum Gasteiger partial charge on any atom is -0.466 e. The highest BCUT2D eigenvalue weighted by Gasteiger charge is 2.18. The summed E-state index contributed by atoms with van der Waals surface area (Å²) in [6.45, 7) is 2.22. The number of nitrogens with one attached hydrogen (secondary N) is 1. The number of hydrogen-bond donors (Lipinski definition) is 1. The second-order valence-corrected chi connectivity index (χ2v) is 8.14. The first-order valence-electron chi connectivity index (χ1n) is 12.0. The number of esters is 2. The summed E-state index contributed by atoms with van der Waals surface area (Å²) in [6, 6.07) is 14.1. The Labute approximate surface area is 207 Å². The molecule has 188 valence electrons. The molecular weight excluding hydrogens is 446 g/mol. The van der Waals surface area contributed by atoms with Crippen LogP contribution in [0.3, 0.4) is 0 Å². The Kier molecular flexibility index (Phi) is 12.1. The maximum atomic E-state index is 12.8. The van der Waals surface area contributed by atoms with Crippen molar-refractivity contribution in [1.29, 1.82) is 0 Å². The molecule has 1 N–H and O–H groups in total. The number of benzene rings is 2. The van der Waals surface area contributed by atoms with Gasteiger partial charge in [-0.05, 0) is 42.7 Å². The van der Waals surface area contributed by atoms with Crippen molar-refractivity contribution >= 4 is 23.5 Å². The molecule has 0 aliphatic heterocycles. The van der Waals surface area contributed by atoms with E-state index >= 15 is 0 Å². The fourth-order valence-corrected chi connectivity index (χ4v) is 3.48. The molecule has 7 heteroatoms. The summed E-state index contributed by atoms with van der Waals surface area (Å²) in [4.78, 5) is 36.4. The minimum absolute atomic E-state index is 0.178. The number of para-hydroxylation sites is 2. The molecule has 0 aliphatic carbocycles. The average Bonchev–Trinajstić information content (AvgIpc) is 2.88. The number of methoxy groups -OCH3 is 2. The summed E-state index contributed by atoms with van der Waals surface area (Å²) in [5.41, 5.74) is 2.04. The van der Waals surface area contributed by atoms with Gasteiger partial charge in [-0.1, -0.05) is 69.7 Å². The largest absolute Gasteiger partial charge is 0.466 e. The molecule has 2 aromatic rings. The molecule has 0 heterocycles. The van der Waals surface area contributed by atoms with Crippen LogP contribution in [-0.2, 0) is 25.5 Å². The second kappa shape index (κ2) is 15.3. The number of unbranched alkanes of at least 4 members (excludes halogenated alkanes) is 6. The van der Waals surface area contributed by atoms with Crippen LogP contribution >= 0.6 is 0 Å². The quantitative estimate of drug-likeness (QED) is 0.158. The van der Waals surface area contributed by atoms with Crippen molar-refractivity contribution in [3.05, 3.63) is 71.5 Å². The van der Waals surface area contributed by atoms with Crippen molar-refractivity contribution in [3.63, 3.8) is 0 Å². The SMILES string of the molecule is CCCCCCCCCc1ccc(C(=O)Nc2ccccc2O/C(=C\C(=O)OC)C(=O)OC)cc1. The third-order valence-electron chi connectivity index (χ3n) is 5.48. The molecule has 0 aromatic heterocycles. The van der Waals surface area contributed by atoms with Crippen molar-refractivity contribution < 1.29 is 28.6 Å². The van der Waals surface area contributed by atoms with E-state index in [-0.39, 0.29) is 17.4 Å².